The first-order valence-corrected chi connectivity index (χ1v) is 5.52. The zero-order chi connectivity index (χ0) is 10.9. The minimum Gasteiger partial charge on any atom is -0.275 e. The van der Waals surface area contributed by atoms with Gasteiger partial charge < -0.3 is 0 Å². The molecule has 0 saturated carbocycles. The standard InChI is InChI=1S/C7H2BrClF2INO/c8-3-1-2(6(10)11)4(5(9)14)7(12)13-3/h1,6H. The molecule has 1 aromatic heterocycles. The van der Waals surface area contributed by atoms with Gasteiger partial charge >= 0.3 is 0 Å². The first-order valence-electron chi connectivity index (χ1n) is 3.27. The van der Waals surface area contributed by atoms with E-state index in [1.807, 2.05) is 0 Å². The first-order chi connectivity index (χ1) is 6.43. The molecule has 1 aromatic rings. The third kappa shape index (κ3) is 2.60. The molecule has 0 amide bonds. The fourth-order valence-electron chi connectivity index (χ4n) is 0.868. The molecule has 0 aromatic carbocycles. The van der Waals surface area contributed by atoms with Gasteiger partial charge in [-0.15, -0.1) is 0 Å². The van der Waals surface area contributed by atoms with Gasteiger partial charge in [-0.3, -0.25) is 4.79 Å². The molecule has 0 aliphatic heterocycles. The topological polar surface area (TPSA) is 30.0 Å². The maximum Gasteiger partial charge on any atom is 0.264 e. The van der Waals surface area contributed by atoms with Crippen LogP contribution < -0.4 is 0 Å². The Kier molecular flexibility index (Phi) is 4.20. The SMILES string of the molecule is O=C(Cl)c1c(C(F)F)cc(Br)nc1I. The van der Waals surface area contributed by atoms with Crippen LogP contribution in [0.3, 0.4) is 0 Å². The third-order valence-electron chi connectivity index (χ3n) is 1.41. The number of carbonyl (C=O) groups is 1. The second-order valence-corrected chi connectivity index (χ2v) is 4.45. The van der Waals surface area contributed by atoms with Gasteiger partial charge in [-0.05, 0) is 56.2 Å². The molecular formula is C7H2BrClF2INO. The Morgan fingerprint density at radius 2 is 2.21 bits per heavy atom. The van der Waals surface area contributed by atoms with E-state index < -0.39 is 17.2 Å². The van der Waals surface area contributed by atoms with Crippen LogP contribution in [0.25, 0.3) is 0 Å². The van der Waals surface area contributed by atoms with Crippen molar-refractivity contribution < 1.29 is 13.6 Å². The Balaban J connectivity index is 3.44. The van der Waals surface area contributed by atoms with Crippen LogP contribution in [-0.2, 0) is 0 Å². The lowest BCUT2D eigenvalue weighted by Crippen LogP contribution is -2.04. The van der Waals surface area contributed by atoms with E-state index in [1.165, 1.54) is 0 Å². The summed E-state index contributed by atoms with van der Waals surface area (Å²) in [6, 6.07) is 1.09. The predicted octanol–water partition coefficient (Wildman–Crippen LogP) is 3.77. The van der Waals surface area contributed by atoms with Crippen LogP contribution in [0, 0.1) is 3.70 Å². The van der Waals surface area contributed by atoms with E-state index in [1.54, 1.807) is 22.6 Å². The molecule has 0 unspecified atom stereocenters. The number of carbonyl (C=O) groups excluding carboxylic acids is 1. The Bertz CT molecular complexity index is 388. The molecule has 0 radical (unpaired) electrons. The van der Waals surface area contributed by atoms with Gasteiger partial charge in [0, 0.05) is 5.56 Å². The molecule has 1 heterocycles. The Hall–Kier alpha value is 0.180. The van der Waals surface area contributed by atoms with Crippen LogP contribution in [0.1, 0.15) is 22.3 Å². The fourth-order valence-corrected chi connectivity index (χ4v) is 2.80. The lowest BCUT2D eigenvalue weighted by Gasteiger charge is -2.06. The van der Waals surface area contributed by atoms with Gasteiger partial charge in [-0.25, -0.2) is 13.8 Å². The van der Waals surface area contributed by atoms with Crippen LogP contribution in [0.15, 0.2) is 10.7 Å². The average Bonchev–Trinajstić information content (AvgIpc) is 2.01. The number of rotatable bonds is 2. The molecule has 0 aliphatic carbocycles. The van der Waals surface area contributed by atoms with E-state index in [2.05, 4.69) is 20.9 Å². The quantitative estimate of drug-likeness (QED) is 0.433. The van der Waals surface area contributed by atoms with Crippen LogP contribution in [0.4, 0.5) is 8.78 Å². The maximum absolute atomic E-state index is 12.5. The molecule has 0 saturated heterocycles. The van der Waals surface area contributed by atoms with E-state index in [9.17, 15) is 13.6 Å². The molecule has 0 atom stereocenters. The summed E-state index contributed by atoms with van der Waals surface area (Å²) in [4.78, 5) is 14.7. The summed E-state index contributed by atoms with van der Waals surface area (Å²) in [6.07, 6.45) is -2.75. The fraction of sp³-hybridized carbons (Fsp3) is 0.143. The molecule has 0 N–H and O–H groups in total. The van der Waals surface area contributed by atoms with Crippen molar-refractivity contribution in [2.45, 2.75) is 6.43 Å². The Labute approximate surface area is 105 Å². The number of aromatic nitrogens is 1. The van der Waals surface area contributed by atoms with Crippen molar-refractivity contribution >= 4 is 55.4 Å². The predicted molar refractivity (Wildman–Crippen MR) is 59.8 cm³/mol. The lowest BCUT2D eigenvalue weighted by molar-refractivity contribution is 0.106. The normalized spacial score (nSPS) is 10.7. The summed E-state index contributed by atoms with van der Waals surface area (Å²) >= 11 is 9.82. The highest BCUT2D eigenvalue weighted by molar-refractivity contribution is 14.1. The summed E-state index contributed by atoms with van der Waals surface area (Å²) in [7, 11) is 0. The highest BCUT2D eigenvalue weighted by Gasteiger charge is 2.21. The summed E-state index contributed by atoms with van der Waals surface area (Å²) in [6.45, 7) is 0. The van der Waals surface area contributed by atoms with Crippen molar-refractivity contribution in [1.82, 2.24) is 4.98 Å². The highest BCUT2D eigenvalue weighted by Crippen LogP contribution is 2.29. The van der Waals surface area contributed by atoms with Crippen LogP contribution >= 0.6 is 50.1 Å². The number of alkyl halides is 2. The van der Waals surface area contributed by atoms with Crippen LogP contribution in [-0.4, -0.2) is 10.2 Å². The smallest absolute Gasteiger partial charge is 0.264 e. The summed E-state index contributed by atoms with van der Waals surface area (Å²) in [5, 5.41) is -0.926. The van der Waals surface area contributed by atoms with Crippen LogP contribution in [0.5, 0.6) is 0 Å². The highest BCUT2D eigenvalue weighted by atomic mass is 127. The number of nitrogens with zero attached hydrogens (tertiary/aromatic N) is 1. The van der Waals surface area contributed by atoms with Gasteiger partial charge in [0.1, 0.15) is 8.30 Å². The van der Waals surface area contributed by atoms with Crippen molar-refractivity contribution in [3.63, 3.8) is 0 Å². The summed E-state index contributed by atoms with van der Waals surface area (Å²) in [5.41, 5.74) is -0.637. The number of halogens is 5. The molecule has 2 nitrogen and oxygen atoms in total. The van der Waals surface area contributed by atoms with Crippen molar-refractivity contribution in [1.29, 1.82) is 0 Å². The summed E-state index contributed by atoms with van der Waals surface area (Å²) < 4.78 is 25.4. The molecule has 0 bridgehead atoms. The van der Waals surface area contributed by atoms with Crippen molar-refractivity contribution in [3.8, 4) is 0 Å². The maximum atomic E-state index is 12.5. The van der Waals surface area contributed by atoms with Crippen molar-refractivity contribution in [2.24, 2.45) is 0 Å². The van der Waals surface area contributed by atoms with Crippen molar-refractivity contribution in [2.75, 3.05) is 0 Å². The monoisotopic (exact) mass is 395 g/mol. The molecule has 7 heteroatoms. The first kappa shape index (κ1) is 12.3. The third-order valence-corrected chi connectivity index (χ3v) is 2.78. The van der Waals surface area contributed by atoms with E-state index in [0.29, 0.717) is 0 Å². The molecule has 0 spiro atoms. The van der Waals surface area contributed by atoms with E-state index in [-0.39, 0.29) is 13.9 Å². The van der Waals surface area contributed by atoms with Gasteiger partial charge in [0.05, 0.1) is 5.56 Å². The number of pyridine rings is 1. The van der Waals surface area contributed by atoms with Gasteiger partial charge in [0.2, 0.25) is 0 Å². The zero-order valence-electron chi connectivity index (χ0n) is 6.40. The molecule has 0 aliphatic rings. The Morgan fingerprint density at radius 1 is 1.64 bits per heavy atom. The lowest BCUT2D eigenvalue weighted by atomic mass is 10.1. The Morgan fingerprint density at radius 3 is 2.64 bits per heavy atom. The average molecular weight is 396 g/mol. The minimum atomic E-state index is -2.75. The largest absolute Gasteiger partial charge is 0.275 e. The molecule has 0 fully saturated rings. The van der Waals surface area contributed by atoms with Gasteiger partial charge in [0.25, 0.3) is 11.7 Å². The van der Waals surface area contributed by atoms with Crippen LogP contribution in [0.2, 0.25) is 0 Å². The number of hydrogen-bond acceptors (Lipinski definition) is 2. The molecule has 14 heavy (non-hydrogen) atoms. The second kappa shape index (κ2) is 4.80. The molecule has 76 valence electrons. The molecule has 1 rings (SSSR count). The summed E-state index contributed by atoms with van der Waals surface area (Å²) in [5.74, 6) is 0. The van der Waals surface area contributed by atoms with E-state index in [4.69, 9.17) is 11.6 Å². The number of hydrogen-bond donors (Lipinski definition) is 0. The van der Waals surface area contributed by atoms with Gasteiger partial charge in [-0.1, -0.05) is 0 Å². The van der Waals surface area contributed by atoms with E-state index in [0.717, 1.165) is 6.07 Å². The van der Waals surface area contributed by atoms with Gasteiger partial charge in [0.15, 0.2) is 0 Å². The zero-order valence-corrected chi connectivity index (χ0v) is 10.9. The minimum absolute atomic E-state index is 0.160. The van der Waals surface area contributed by atoms with E-state index >= 15 is 0 Å². The molecular weight excluding hydrogens is 394 g/mol. The van der Waals surface area contributed by atoms with Crippen molar-refractivity contribution in [3.05, 3.63) is 25.5 Å². The van der Waals surface area contributed by atoms with Gasteiger partial charge in [-0.2, -0.15) is 0 Å². The second-order valence-electron chi connectivity index (χ2n) is 2.27.